The summed E-state index contributed by atoms with van der Waals surface area (Å²) in [6.45, 7) is 4.39. The van der Waals surface area contributed by atoms with E-state index < -0.39 is 0 Å². The van der Waals surface area contributed by atoms with Crippen LogP contribution in [0.1, 0.15) is 12.5 Å². The predicted octanol–water partition coefficient (Wildman–Crippen LogP) is 1.82. The monoisotopic (exact) mass is 229 g/mol. The Bertz CT molecular complexity index is 602. The van der Waals surface area contributed by atoms with Gasteiger partial charge in [-0.25, -0.2) is 4.68 Å². The van der Waals surface area contributed by atoms with Crippen LogP contribution >= 0.6 is 0 Å². The van der Waals surface area contributed by atoms with Gasteiger partial charge in [0.2, 0.25) is 0 Å². The molecule has 0 aliphatic heterocycles. The van der Waals surface area contributed by atoms with Crippen LogP contribution in [0.4, 0.5) is 5.69 Å². The van der Waals surface area contributed by atoms with Crippen molar-refractivity contribution in [1.29, 1.82) is 0 Å². The molecule has 2 N–H and O–H groups in total. The first kappa shape index (κ1) is 11.4. The summed E-state index contributed by atoms with van der Waals surface area (Å²) >= 11 is 0. The highest BCUT2D eigenvalue weighted by Crippen LogP contribution is 2.20. The van der Waals surface area contributed by atoms with Crippen LogP contribution in [0.3, 0.4) is 0 Å². The minimum Gasteiger partial charge on any atom is -0.398 e. The molecular weight excluding hydrogens is 214 g/mol. The first-order valence-electron chi connectivity index (χ1n) is 5.56. The number of aryl methyl sites for hydroxylation is 2. The highest BCUT2D eigenvalue weighted by molar-refractivity contribution is 5.67. The van der Waals surface area contributed by atoms with Crippen molar-refractivity contribution in [2.75, 3.05) is 5.73 Å². The highest BCUT2D eigenvalue weighted by Gasteiger charge is 2.06. The average Bonchev–Trinajstić information content (AvgIpc) is 2.33. The minimum atomic E-state index is -0.0850. The van der Waals surface area contributed by atoms with Crippen molar-refractivity contribution in [1.82, 2.24) is 9.78 Å². The zero-order valence-corrected chi connectivity index (χ0v) is 9.97. The van der Waals surface area contributed by atoms with Gasteiger partial charge in [0.25, 0.3) is 5.56 Å². The van der Waals surface area contributed by atoms with Gasteiger partial charge in [-0.05, 0) is 37.1 Å². The van der Waals surface area contributed by atoms with E-state index in [1.807, 2.05) is 32.0 Å². The highest BCUT2D eigenvalue weighted by atomic mass is 16.1. The van der Waals surface area contributed by atoms with Crippen molar-refractivity contribution in [2.45, 2.75) is 20.4 Å². The normalized spacial score (nSPS) is 10.5. The van der Waals surface area contributed by atoms with Crippen molar-refractivity contribution in [3.8, 4) is 11.1 Å². The van der Waals surface area contributed by atoms with Gasteiger partial charge < -0.3 is 5.73 Å². The number of rotatable bonds is 2. The van der Waals surface area contributed by atoms with Crippen molar-refractivity contribution in [3.63, 3.8) is 0 Å². The number of anilines is 1. The average molecular weight is 229 g/mol. The number of nitrogens with two attached hydrogens (primary N) is 1. The van der Waals surface area contributed by atoms with Crippen molar-refractivity contribution < 1.29 is 0 Å². The van der Waals surface area contributed by atoms with Gasteiger partial charge in [-0.3, -0.25) is 4.79 Å². The second-order valence-corrected chi connectivity index (χ2v) is 3.94. The Kier molecular flexibility index (Phi) is 2.95. The molecule has 0 aliphatic rings. The molecule has 0 saturated heterocycles. The van der Waals surface area contributed by atoms with E-state index in [1.54, 1.807) is 12.3 Å². The lowest BCUT2D eigenvalue weighted by Gasteiger charge is -2.06. The van der Waals surface area contributed by atoms with Crippen molar-refractivity contribution in [3.05, 3.63) is 46.4 Å². The molecule has 1 aromatic carbocycles. The second kappa shape index (κ2) is 4.41. The Balaban J connectivity index is 2.61. The molecule has 0 saturated carbocycles. The lowest BCUT2D eigenvalue weighted by molar-refractivity contribution is 0.617. The fraction of sp³-hybridized carbons (Fsp3) is 0.231. The fourth-order valence-corrected chi connectivity index (χ4v) is 1.70. The zero-order chi connectivity index (χ0) is 12.4. The lowest BCUT2D eigenvalue weighted by atomic mass is 10.0. The third-order valence-electron chi connectivity index (χ3n) is 2.80. The number of hydrogen-bond donors (Lipinski definition) is 1. The smallest absolute Gasteiger partial charge is 0.274 e. The summed E-state index contributed by atoms with van der Waals surface area (Å²) in [5, 5.41) is 4.00. The molecule has 0 aliphatic carbocycles. The molecule has 0 unspecified atom stereocenters. The number of benzene rings is 1. The standard InChI is InChI=1S/C13H15N3O/c1-3-16-13(17)11(6-7-15-16)10-5-4-9(2)12(14)8-10/h4-8H,3,14H2,1-2H3. The van der Waals surface area contributed by atoms with Crippen molar-refractivity contribution in [2.24, 2.45) is 0 Å². The van der Waals surface area contributed by atoms with Crippen LogP contribution in [-0.4, -0.2) is 9.78 Å². The molecule has 0 bridgehead atoms. The zero-order valence-electron chi connectivity index (χ0n) is 9.97. The summed E-state index contributed by atoms with van der Waals surface area (Å²) in [5.74, 6) is 0. The minimum absolute atomic E-state index is 0.0850. The first-order valence-corrected chi connectivity index (χ1v) is 5.56. The molecule has 0 atom stereocenters. The van der Waals surface area contributed by atoms with Gasteiger partial charge in [0, 0.05) is 18.4 Å². The maximum absolute atomic E-state index is 12.1. The van der Waals surface area contributed by atoms with E-state index in [9.17, 15) is 4.79 Å². The van der Waals surface area contributed by atoms with E-state index in [4.69, 9.17) is 5.73 Å². The summed E-state index contributed by atoms with van der Waals surface area (Å²) in [6.07, 6.45) is 1.64. The number of nitrogen functional groups attached to an aromatic ring is 1. The Morgan fingerprint density at radius 2 is 2.12 bits per heavy atom. The molecule has 17 heavy (non-hydrogen) atoms. The van der Waals surface area contributed by atoms with Crippen LogP contribution in [-0.2, 0) is 6.54 Å². The lowest BCUT2D eigenvalue weighted by Crippen LogP contribution is -2.22. The Morgan fingerprint density at radius 3 is 2.76 bits per heavy atom. The molecule has 0 radical (unpaired) electrons. The molecule has 0 amide bonds. The maximum Gasteiger partial charge on any atom is 0.274 e. The van der Waals surface area contributed by atoms with Gasteiger partial charge >= 0.3 is 0 Å². The van der Waals surface area contributed by atoms with Gasteiger partial charge in [-0.2, -0.15) is 5.10 Å². The maximum atomic E-state index is 12.1. The van der Waals surface area contributed by atoms with Gasteiger partial charge in [-0.15, -0.1) is 0 Å². The second-order valence-electron chi connectivity index (χ2n) is 3.94. The predicted molar refractivity (Wildman–Crippen MR) is 68.8 cm³/mol. The van der Waals surface area contributed by atoms with E-state index in [0.717, 1.165) is 11.1 Å². The molecule has 0 fully saturated rings. The summed E-state index contributed by atoms with van der Waals surface area (Å²) in [6, 6.07) is 7.37. The molecule has 1 heterocycles. The molecule has 0 spiro atoms. The molecule has 2 aromatic rings. The van der Waals surface area contributed by atoms with Gasteiger partial charge in [0.1, 0.15) is 0 Å². The van der Waals surface area contributed by atoms with E-state index in [-0.39, 0.29) is 5.56 Å². The van der Waals surface area contributed by atoms with E-state index >= 15 is 0 Å². The van der Waals surface area contributed by atoms with Crippen LogP contribution in [0, 0.1) is 6.92 Å². The third kappa shape index (κ3) is 2.06. The SMILES string of the molecule is CCn1nccc(-c2ccc(C)c(N)c2)c1=O. The quantitative estimate of drug-likeness (QED) is 0.799. The fourth-order valence-electron chi connectivity index (χ4n) is 1.70. The summed E-state index contributed by atoms with van der Waals surface area (Å²) in [5.41, 5.74) is 8.95. The van der Waals surface area contributed by atoms with Crippen LogP contribution in [0.2, 0.25) is 0 Å². The van der Waals surface area contributed by atoms with Crippen LogP contribution in [0.15, 0.2) is 35.3 Å². The topological polar surface area (TPSA) is 60.9 Å². The third-order valence-corrected chi connectivity index (χ3v) is 2.80. The Morgan fingerprint density at radius 1 is 1.35 bits per heavy atom. The first-order chi connectivity index (χ1) is 8.13. The molecule has 4 heteroatoms. The van der Waals surface area contributed by atoms with E-state index in [1.165, 1.54) is 4.68 Å². The number of hydrogen-bond acceptors (Lipinski definition) is 3. The van der Waals surface area contributed by atoms with Crippen LogP contribution < -0.4 is 11.3 Å². The molecular formula is C13H15N3O. The molecule has 2 rings (SSSR count). The number of nitrogens with zero attached hydrogens (tertiary/aromatic N) is 2. The van der Waals surface area contributed by atoms with Gasteiger partial charge in [-0.1, -0.05) is 12.1 Å². The summed E-state index contributed by atoms with van der Waals surface area (Å²) in [7, 11) is 0. The van der Waals surface area contributed by atoms with E-state index in [0.29, 0.717) is 17.8 Å². The van der Waals surface area contributed by atoms with Crippen molar-refractivity contribution >= 4 is 5.69 Å². The Labute approximate surface area is 99.7 Å². The number of aromatic nitrogens is 2. The molecule has 1 aromatic heterocycles. The Hall–Kier alpha value is -2.10. The molecule has 88 valence electrons. The van der Waals surface area contributed by atoms with Crippen LogP contribution in [0.25, 0.3) is 11.1 Å². The van der Waals surface area contributed by atoms with E-state index in [2.05, 4.69) is 5.10 Å². The largest absolute Gasteiger partial charge is 0.398 e. The van der Waals surface area contributed by atoms with Gasteiger partial charge in [0.05, 0.1) is 5.56 Å². The van der Waals surface area contributed by atoms with Gasteiger partial charge in [0.15, 0.2) is 0 Å². The molecule has 4 nitrogen and oxygen atoms in total. The summed E-state index contributed by atoms with van der Waals surface area (Å²) in [4.78, 5) is 12.1. The summed E-state index contributed by atoms with van der Waals surface area (Å²) < 4.78 is 1.44. The van der Waals surface area contributed by atoms with Crippen LogP contribution in [0.5, 0.6) is 0 Å².